The zero-order valence-corrected chi connectivity index (χ0v) is 11.7. The van der Waals surface area contributed by atoms with E-state index in [4.69, 9.17) is 4.74 Å². The molecule has 5 heteroatoms. The maximum atomic E-state index is 13.8. The van der Waals surface area contributed by atoms with Crippen molar-refractivity contribution in [2.75, 3.05) is 11.9 Å². The Morgan fingerprint density at radius 1 is 1.24 bits per heavy atom. The SMILES string of the molecule is CCOc1ccc(NC(=O)c2cccc(C)c2F)cc1F. The normalized spacial score (nSPS) is 10.3. The maximum Gasteiger partial charge on any atom is 0.258 e. The molecule has 0 fully saturated rings. The van der Waals surface area contributed by atoms with Crippen LogP contribution in [0.25, 0.3) is 0 Å². The lowest BCUT2D eigenvalue weighted by molar-refractivity contribution is 0.102. The molecule has 0 saturated heterocycles. The summed E-state index contributed by atoms with van der Waals surface area (Å²) < 4.78 is 32.6. The van der Waals surface area contributed by atoms with Gasteiger partial charge in [0.2, 0.25) is 0 Å². The minimum Gasteiger partial charge on any atom is -0.491 e. The summed E-state index contributed by atoms with van der Waals surface area (Å²) in [7, 11) is 0. The number of carbonyl (C=O) groups is 1. The van der Waals surface area contributed by atoms with Crippen LogP contribution in [0.2, 0.25) is 0 Å². The van der Waals surface area contributed by atoms with Gasteiger partial charge in [0, 0.05) is 11.8 Å². The topological polar surface area (TPSA) is 38.3 Å². The summed E-state index contributed by atoms with van der Waals surface area (Å²) >= 11 is 0. The molecular weight excluding hydrogens is 276 g/mol. The van der Waals surface area contributed by atoms with Crippen LogP contribution in [0.15, 0.2) is 36.4 Å². The van der Waals surface area contributed by atoms with E-state index in [-0.39, 0.29) is 17.0 Å². The largest absolute Gasteiger partial charge is 0.491 e. The van der Waals surface area contributed by atoms with Crippen LogP contribution in [0.4, 0.5) is 14.5 Å². The van der Waals surface area contributed by atoms with Gasteiger partial charge in [0.1, 0.15) is 5.82 Å². The van der Waals surface area contributed by atoms with Crippen molar-refractivity contribution in [1.82, 2.24) is 0 Å². The highest BCUT2D eigenvalue weighted by molar-refractivity contribution is 6.04. The molecule has 0 aliphatic heterocycles. The number of carbonyl (C=O) groups excluding carboxylic acids is 1. The molecule has 3 nitrogen and oxygen atoms in total. The molecule has 0 spiro atoms. The Morgan fingerprint density at radius 3 is 2.67 bits per heavy atom. The number of hydrogen-bond acceptors (Lipinski definition) is 2. The zero-order chi connectivity index (χ0) is 15.4. The number of hydrogen-bond donors (Lipinski definition) is 1. The van der Waals surface area contributed by atoms with Crippen LogP contribution in [-0.4, -0.2) is 12.5 Å². The third-order valence-electron chi connectivity index (χ3n) is 2.93. The highest BCUT2D eigenvalue weighted by Crippen LogP contribution is 2.22. The Hall–Kier alpha value is -2.43. The number of amides is 1. The number of ether oxygens (including phenoxy) is 1. The van der Waals surface area contributed by atoms with Gasteiger partial charge in [0.15, 0.2) is 11.6 Å². The fraction of sp³-hybridized carbons (Fsp3) is 0.188. The van der Waals surface area contributed by atoms with Gasteiger partial charge >= 0.3 is 0 Å². The summed E-state index contributed by atoms with van der Waals surface area (Å²) in [6.45, 7) is 3.66. The van der Waals surface area contributed by atoms with E-state index in [0.717, 1.165) is 6.07 Å². The smallest absolute Gasteiger partial charge is 0.258 e. The number of rotatable bonds is 4. The fourth-order valence-electron chi connectivity index (χ4n) is 1.87. The monoisotopic (exact) mass is 291 g/mol. The van der Waals surface area contributed by atoms with E-state index in [1.165, 1.54) is 18.2 Å². The highest BCUT2D eigenvalue weighted by Gasteiger charge is 2.14. The molecule has 1 amide bonds. The third-order valence-corrected chi connectivity index (χ3v) is 2.93. The number of benzene rings is 2. The first-order valence-electron chi connectivity index (χ1n) is 6.51. The van der Waals surface area contributed by atoms with Gasteiger partial charge in [-0.05, 0) is 37.6 Å². The molecule has 0 unspecified atom stereocenters. The van der Waals surface area contributed by atoms with Gasteiger partial charge in [-0.25, -0.2) is 8.78 Å². The molecule has 0 bridgehead atoms. The zero-order valence-electron chi connectivity index (χ0n) is 11.7. The predicted molar refractivity (Wildman–Crippen MR) is 76.7 cm³/mol. The Bertz CT molecular complexity index is 671. The lowest BCUT2D eigenvalue weighted by Crippen LogP contribution is -2.14. The second-order valence-electron chi connectivity index (χ2n) is 4.47. The number of halogens is 2. The summed E-state index contributed by atoms with van der Waals surface area (Å²) in [6.07, 6.45) is 0. The van der Waals surface area contributed by atoms with Crippen LogP contribution in [0, 0.1) is 18.6 Å². The van der Waals surface area contributed by atoms with Crippen molar-refractivity contribution in [3.05, 3.63) is 59.2 Å². The lowest BCUT2D eigenvalue weighted by atomic mass is 10.1. The van der Waals surface area contributed by atoms with Crippen molar-refractivity contribution in [2.45, 2.75) is 13.8 Å². The van der Waals surface area contributed by atoms with Crippen LogP contribution in [0.5, 0.6) is 5.75 Å². The molecule has 0 aromatic heterocycles. The fourth-order valence-corrected chi connectivity index (χ4v) is 1.87. The molecule has 0 saturated carbocycles. The molecule has 21 heavy (non-hydrogen) atoms. The van der Waals surface area contributed by atoms with E-state index in [2.05, 4.69) is 5.32 Å². The molecule has 0 heterocycles. The van der Waals surface area contributed by atoms with Crippen LogP contribution < -0.4 is 10.1 Å². The maximum absolute atomic E-state index is 13.8. The van der Waals surface area contributed by atoms with E-state index < -0.39 is 17.5 Å². The van der Waals surface area contributed by atoms with Gasteiger partial charge in [0.05, 0.1) is 12.2 Å². The molecule has 1 N–H and O–H groups in total. The van der Waals surface area contributed by atoms with Gasteiger partial charge in [-0.2, -0.15) is 0 Å². The Kier molecular flexibility index (Phi) is 4.52. The Labute approximate surface area is 121 Å². The second-order valence-corrected chi connectivity index (χ2v) is 4.47. The van der Waals surface area contributed by atoms with E-state index in [0.29, 0.717) is 12.2 Å². The minimum absolute atomic E-state index is 0.0794. The van der Waals surface area contributed by atoms with Gasteiger partial charge in [-0.3, -0.25) is 4.79 Å². The molecule has 2 rings (SSSR count). The average molecular weight is 291 g/mol. The van der Waals surface area contributed by atoms with Gasteiger partial charge in [-0.15, -0.1) is 0 Å². The third kappa shape index (κ3) is 3.37. The summed E-state index contributed by atoms with van der Waals surface area (Å²) in [5.74, 6) is -1.68. The molecule has 2 aromatic rings. The minimum atomic E-state index is -0.625. The van der Waals surface area contributed by atoms with E-state index in [1.54, 1.807) is 26.0 Å². The second kappa shape index (κ2) is 6.35. The lowest BCUT2D eigenvalue weighted by Gasteiger charge is -2.09. The molecule has 0 radical (unpaired) electrons. The van der Waals surface area contributed by atoms with E-state index in [1.807, 2.05) is 0 Å². The first-order chi connectivity index (χ1) is 10.0. The molecular formula is C16H15F2NO2. The van der Waals surface area contributed by atoms with Crippen molar-refractivity contribution < 1.29 is 18.3 Å². The number of anilines is 1. The van der Waals surface area contributed by atoms with E-state index in [9.17, 15) is 13.6 Å². The summed E-state index contributed by atoms with van der Waals surface area (Å²) in [6, 6.07) is 8.59. The summed E-state index contributed by atoms with van der Waals surface area (Å²) in [5, 5.41) is 2.46. The molecule has 0 aliphatic rings. The molecule has 2 aromatic carbocycles. The first-order valence-corrected chi connectivity index (χ1v) is 6.51. The number of nitrogens with one attached hydrogen (secondary N) is 1. The Morgan fingerprint density at radius 2 is 2.00 bits per heavy atom. The highest BCUT2D eigenvalue weighted by atomic mass is 19.1. The van der Waals surface area contributed by atoms with Crippen LogP contribution in [-0.2, 0) is 0 Å². The standard InChI is InChI=1S/C16H15F2NO2/c1-3-21-14-8-7-11(9-13(14)17)19-16(20)12-6-4-5-10(2)15(12)18/h4-9H,3H2,1-2H3,(H,19,20). The van der Waals surface area contributed by atoms with Gasteiger partial charge in [-0.1, -0.05) is 12.1 Å². The van der Waals surface area contributed by atoms with Crippen molar-refractivity contribution in [3.8, 4) is 5.75 Å². The number of aryl methyl sites for hydroxylation is 1. The Balaban J connectivity index is 2.20. The van der Waals surface area contributed by atoms with Crippen LogP contribution in [0.3, 0.4) is 0 Å². The summed E-state index contributed by atoms with van der Waals surface area (Å²) in [5.41, 5.74) is 0.534. The summed E-state index contributed by atoms with van der Waals surface area (Å²) in [4.78, 5) is 12.0. The van der Waals surface area contributed by atoms with Crippen molar-refractivity contribution in [3.63, 3.8) is 0 Å². The van der Waals surface area contributed by atoms with Crippen LogP contribution in [0.1, 0.15) is 22.8 Å². The molecule has 0 atom stereocenters. The first kappa shape index (κ1) is 15.0. The quantitative estimate of drug-likeness (QED) is 0.927. The molecule has 110 valence electrons. The van der Waals surface area contributed by atoms with Crippen molar-refractivity contribution in [1.29, 1.82) is 0 Å². The van der Waals surface area contributed by atoms with Crippen LogP contribution >= 0.6 is 0 Å². The van der Waals surface area contributed by atoms with Crippen molar-refractivity contribution in [2.24, 2.45) is 0 Å². The van der Waals surface area contributed by atoms with Gasteiger partial charge in [0.25, 0.3) is 5.91 Å². The van der Waals surface area contributed by atoms with Gasteiger partial charge < -0.3 is 10.1 Å². The predicted octanol–water partition coefficient (Wildman–Crippen LogP) is 3.92. The van der Waals surface area contributed by atoms with E-state index >= 15 is 0 Å². The average Bonchev–Trinajstić information content (AvgIpc) is 2.45. The van der Waals surface area contributed by atoms with Crippen molar-refractivity contribution >= 4 is 11.6 Å². The molecule has 0 aliphatic carbocycles.